The molecule has 5 heteroatoms. The maximum Gasteiger partial charge on any atom is 0.164 e. The van der Waals surface area contributed by atoms with Gasteiger partial charge in [-0.2, -0.15) is 0 Å². The molecule has 0 amide bonds. The highest BCUT2D eigenvalue weighted by atomic mass is 15.0. The number of hydrogen-bond donors (Lipinski definition) is 0. The van der Waals surface area contributed by atoms with Crippen molar-refractivity contribution >= 4 is 0 Å². The first-order chi connectivity index (χ1) is 17.8. The van der Waals surface area contributed by atoms with E-state index in [2.05, 4.69) is 28.2 Å². The maximum atomic E-state index is 4.91. The number of hydrogen-bond acceptors (Lipinski definition) is 5. The predicted octanol–water partition coefficient (Wildman–Crippen LogP) is 7.00. The largest absolute Gasteiger partial charge is 0.256 e. The number of aromatic nitrogens is 5. The van der Waals surface area contributed by atoms with Crippen molar-refractivity contribution in [1.29, 1.82) is 0 Å². The Morgan fingerprint density at radius 2 is 0.722 bits per heavy atom. The molecule has 6 aromatic rings. The Bertz CT molecular complexity index is 1360. The second kappa shape index (κ2) is 9.68. The van der Waals surface area contributed by atoms with Gasteiger partial charge in [0, 0.05) is 40.2 Å². The molecule has 5 nitrogen and oxygen atoms in total. The van der Waals surface area contributed by atoms with Gasteiger partial charge in [0.2, 0.25) is 0 Å². The molecule has 0 saturated heterocycles. The Hall–Kier alpha value is -5.03. The first kappa shape index (κ1) is 21.5. The van der Waals surface area contributed by atoms with Gasteiger partial charge >= 0.3 is 0 Å². The van der Waals surface area contributed by atoms with Crippen molar-refractivity contribution in [2.24, 2.45) is 0 Å². The number of rotatable bonds is 5. The summed E-state index contributed by atoms with van der Waals surface area (Å²) >= 11 is 0. The van der Waals surface area contributed by atoms with Gasteiger partial charge in [-0.1, -0.05) is 72.8 Å². The fraction of sp³-hybridized carbons (Fsp3) is 0. The zero-order chi connectivity index (χ0) is 24.2. The van der Waals surface area contributed by atoms with Crippen LogP contribution < -0.4 is 0 Å². The van der Waals surface area contributed by atoms with E-state index in [0.29, 0.717) is 17.5 Å². The van der Waals surface area contributed by atoms with E-state index >= 15 is 0 Å². The summed E-state index contributed by atoms with van der Waals surface area (Å²) in [7, 11) is 0. The Labute approximate surface area is 209 Å². The van der Waals surface area contributed by atoms with Crippen molar-refractivity contribution in [3.8, 4) is 56.7 Å². The average Bonchev–Trinajstić information content (AvgIpc) is 2.98. The van der Waals surface area contributed by atoms with E-state index in [1.807, 2.05) is 97.1 Å². The molecule has 170 valence electrons. The summed E-state index contributed by atoms with van der Waals surface area (Å²) in [6.07, 6.45) is 3.60. The summed E-state index contributed by atoms with van der Waals surface area (Å²) in [5.41, 5.74) is 6.42. The Morgan fingerprint density at radius 3 is 1.14 bits per heavy atom. The molecule has 0 saturated carbocycles. The third-order valence-corrected chi connectivity index (χ3v) is 5.81. The van der Waals surface area contributed by atoms with Crippen LogP contribution in [0, 0.1) is 0 Å². The lowest BCUT2D eigenvalue weighted by Gasteiger charge is -2.11. The van der Waals surface area contributed by atoms with E-state index in [1.165, 1.54) is 0 Å². The quantitative estimate of drug-likeness (QED) is 0.275. The summed E-state index contributed by atoms with van der Waals surface area (Å²) in [5, 5.41) is 0. The molecule has 0 bridgehead atoms. The highest BCUT2D eigenvalue weighted by Gasteiger charge is 2.15. The van der Waals surface area contributed by atoms with Gasteiger partial charge in [0.1, 0.15) is 0 Å². The maximum absolute atomic E-state index is 4.91. The highest BCUT2D eigenvalue weighted by Crippen LogP contribution is 2.32. The molecule has 6 rings (SSSR count). The van der Waals surface area contributed by atoms with Crippen molar-refractivity contribution in [3.05, 3.63) is 128 Å². The molecule has 0 aliphatic carbocycles. The van der Waals surface area contributed by atoms with Crippen molar-refractivity contribution in [1.82, 2.24) is 24.9 Å². The summed E-state index contributed by atoms with van der Waals surface area (Å²) in [5.74, 6) is 1.85. The highest BCUT2D eigenvalue weighted by molar-refractivity contribution is 5.78. The van der Waals surface area contributed by atoms with Crippen LogP contribution in [0.25, 0.3) is 56.7 Å². The van der Waals surface area contributed by atoms with Crippen LogP contribution in [0.3, 0.4) is 0 Å². The number of nitrogens with zero attached hydrogens (tertiary/aromatic N) is 5. The molecular weight excluding hydrogens is 442 g/mol. The van der Waals surface area contributed by atoms with Crippen LogP contribution in [0.5, 0.6) is 0 Å². The van der Waals surface area contributed by atoms with Gasteiger partial charge in [-0.05, 0) is 42.5 Å². The van der Waals surface area contributed by atoms with Gasteiger partial charge in [-0.3, -0.25) is 9.97 Å². The fourth-order valence-corrected chi connectivity index (χ4v) is 4.06. The van der Waals surface area contributed by atoms with Crippen molar-refractivity contribution in [3.63, 3.8) is 0 Å². The van der Waals surface area contributed by atoms with E-state index in [9.17, 15) is 0 Å². The van der Waals surface area contributed by atoms with Crippen LogP contribution >= 0.6 is 0 Å². The molecule has 0 aliphatic heterocycles. The van der Waals surface area contributed by atoms with Crippen molar-refractivity contribution in [2.75, 3.05) is 0 Å². The van der Waals surface area contributed by atoms with Gasteiger partial charge in [-0.25, -0.2) is 15.0 Å². The zero-order valence-corrected chi connectivity index (χ0v) is 19.4. The monoisotopic (exact) mass is 463 g/mol. The van der Waals surface area contributed by atoms with Gasteiger partial charge in [-0.15, -0.1) is 0 Å². The summed E-state index contributed by atoms with van der Waals surface area (Å²) in [4.78, 5) is 23.8. The minimum atomic E-state index is 0.595. The first-order valence-electron chi connectivity index (χ1n) is 11.7. The van der Waals surface area contributed by atoms with Gasteiger partial charge in [0.15, 0.2) is 17.5 Å². The van der Waals surface area contributed by atoms with E-state index < -0.39 is 0 Å². The van der Waals surface area contributed by atoms with E-state index in [1.54, 1.807) is 12.4 Å². The van der Waals surface area contributed by atoms with Gasteiger partial charge in [0.05, 0.1) is 11.4 Å². The predicted molar refractivity (Wildman–Crippen MR) is 143 cm³/mol. The molecule has 0 N–H and O–H groups in total. The molecule has 0 spiro atoms. The Balaban J connectivity index is 1.58. The van der Waals surface area contributed by atoms with Crippen LogP contribution in [0.4, 0.5) is 0 Å². The standard InChI is InChI=1S/C31H21N5/c1-3-11-22(12-4-1)29-34-30(23-13-5-2-6-14-23)36-31(35-29)26-20-24(27-15-7-9-17-32-27)19-25(21-26)28-16-8-10-18-33-28/h1-21H. The fourth-order valence-electron chi connectivity index (χ4n) is 4.06. The minimum absolute atomic E-state index is 0.595. The van der Waals surface area contributed by atoms with Crippen LogP contribution in [0.2, 0.25) is 0 Å². The molecule has 3 aromatic carbocycles. The molecule has 3 aromatic heterocycles. The summed E-state index contributed by atoms with van der Waals surface area (Å²) in [6.45, 7) is 0. The molecule has 0 unspecified atom stereocenters. The van der Waals surface area contributed by atoms with Crippen LogP contribution in [-0.4, -0.2) is 24.9 Å². The topological polar surface area (TPSA) is 64.5 Å². The van der Waals surface area contributed by atoms with Crippen molar-refractivity contribution < 1.29 is 0 Å². The molecule has 0 aliphatic rings. The lowest BCUT2D eigenvalue weighted by Crippen LogP contribution is -2.00. The Morgan fingerprint density at radius 1 is 0.333 bits per heavy atom. The van der Waals surface area contributed by atoms with E-state index in [4.69, 9.17) is 15.0 Å². The van der Waals surface area contributed by atoms with Gasteiger partial charge in [0.25, 0.3) is 0 Å². The van der Waals surface area contributed by atoms with E-state index in [-0.39, 0.29) is 0 Å². The lowest BCUT2D eigenvalue weighted by molar-refractivity contribution is 1.07. The lowest BCUT2D eigenvalue weighted by atomic mass is 10.00. The second-order valence-electron chi connectivity index (χ2n) is 8.27. The SMILES string of the molecule is c1ccc(-c2nc(-c3ccccc3)nc(-c3cc(-c4ccccn4)cc(-c4ccccn4)c3)n2)cc1. The third kappa shape index (κ3) is 4.50. The number of pyridine rings is 2. The minimum Gasteiger partial charge on any atom is -0.256 e. The molecule has 0 atom stereocenters. The Kier molecular flexibility index (Phi) is 5.78. The first-order valence-corrected chi connectivity index (χ1v) is 11.7. The van der Waals surface area contributed by atoms with Crippen LogP contribution in [0.1, 0.15) is 0 Å². The number of benzene rings is 3. The smallest absolute Gasteiger partial charge is 0.164 e. The molecule has 0 fully saturated rings. The molecule has 3 heterocycles. The average molecular weight is 464 g/mol. The van der Waals surface area contributed by atoms with E-state index in [0.717, 1.165) is 39.2 Å². The molecule has 36 heavy (non-hydrogen) atoms. The molecule has 0 radical (unpaired) electrons. The van der Waals surface area contributed by atoms with Gasteiger partial charge < -0.3 is 0 Å². The van der Waals surface area contributed by atoms with Crippen molar-refractivity contribution in [2.45, 2.75) is 0 Å². The summed E-state index contributed by atoms with van der Waals surface area (Å²) in [6, 6.07) is 38.0. The second-order valence-corrected chi connectivity index (χ2v) is 8.27. The van der Waals surface area contributed by atoms with Crippen LogP contribution in [-0.2, 0) is 0 Å². The zero-order valence-electron chi connectivity index (χ0n) is 19.4. The summed E-state index contributed by atoms with van der Waals surface area (Å²) < 4.78 is 0. The third-order valence-electron chi connectivity index (χ3n) is 5.81. The normalized spacial score (nSPS) is 10.8. The van der Waals surface area contributed by atoms with Crippen LogP contribution in [0.15, 0.2) is 128 Å². The molecular formula is C31H21N5.